The van der Waals surface area contributed by atoms with Gasteiger partial charge < -0.3 is 10.4 Å². The summed E-state index contributed by atoms with van der Waals surface area (Å²) in [5, 5.41) is 11.8. The van der Waals surface area contributed by atoms with E-state index < -0.39 is 6.10 Å². The van der Waals surface area contributed by atoms with Gasteiger partial charge in [-0.1, -0.05) is 39.0 Å². The molecule has 1 unspecified atom stereocenters. The molecule has 0 radical (unpaired) electrons. The van der Waals surface area contributed by atoms with E-state index in [1.165, 1.54) is 12.5 Å². The molecule has 1 atom stereocenters. The van der Waals surface area contributed by atoms with Crippen molar-refractivity contribution in [1.29, 1.82) is 0 Å². The fourth-order valence-electron chi connectivity index (χ4n) is 1.69. The van der Waals surface area contributed by atoms with E-state index in [9.17, 15) is 4.79 Å². The zero-order valence-electron chi connectivity index (χ0n) is 11.9. The van der Waals surface area contributed by atoms with Crippen LogP contribution in [0.1, 0.15) is 44.4 Å². The number of rotatable bonds is 3. The van der Waals surface area contributed by atoms with Gasteiger partial charge in [-0.25, -0.2) is 0 Å². The van der Waals surface area contributed by atoms with E-state index >= 15 is 0 Å². The van der Waals surface area contributed by atoms with Gasteiger partial charge in [0.05, 0.1) is 0 Å². The van der Waals surface area contributed by atoms with Gasteiger partial charge in [0.1, 0.15) is 6.10 Å². The van der Waals surface area contributed by atoms with Crippen LogP contribution >= 0.6 is 0 Å². The Kier molecular flexibility index (Phi) is 4.52. The topological polar surface area (TPSA) is 49.3 Å². The van der Waals surface area contributed by atoms with Crippen LogP contribution in [0.15, 0.2) is 18.2 Å². The quantitative estimate of drug-likeness (QED) is 0.863. The van der Waals surface area contributed by atoms with Gasteiger partial charge in [0.15, 0.2) is 0 Å². The smallest absolute Gasteiger partial charge is 0.248 e. The van der Waals surface area contributed by atoms with Crippen LogP contribution in [0.2, 0.25) is 0 Å². The number of amides is 1. The van der Waals surface area contributed by atoms with Gasteiger partial charge in [0, 0.05) is 6.54 Å². The van der Waals surface area contributed by atoms with Crippen molar-refractivity contribution < 1.29 is 9.90 Å². The van der Waals surface area contributed by atoms with Gasteiger partial charge in [-0.2, -0.15) is 0 Å². The lowest BCUT2D eigenvalue weighted by atomic mass is 9.85. The molecule has 1 amide bonds. The Hall–Kier alpha value is -1.35. The highest BCUT2D eigenvalue weighted by atomic mass is 16.3. The second-order valence-electron chi connectivity index (χ2n) is 5.79. The molecule has 0 aromatic heterocycles. The van der Waals surface area contributed by atoms with Crippen LogP contribution in [0.3, 0.4) is 0 Å². The molecule has 0 aliphatic carbocycles. The summed E-state index contributed by atoms with van der Waals surface area (Å²) in [5.41, 5.74) is 3.66. The monoisotopic (exact) mass is 249 g/mol. The lowest BCUT2D eigenvalue weighted by Crippen LogP contribution is -2.32. The van der Waals surface area contributed by atoms with Crippen LogP contribution in [0.25, 0.3) is 0 Å². The van der Waals surface area contributed by atoms with Crippen molar-refractivity contribution in [3.63, 3.8) is 0 Å². The molecule has 3 heteroatoms. The fourth-order valence-corrected chi connectivity index (χ4v) is 1.69. The van der Waals surface area contributed by atoms with Crippen LogP contribution < -0.4 is 5.32 Å². The molecule has 100 valence electrons. The molecule has 0 heterocycles. The third kappa shape index (κ3) is 3.84. The molecule has 0 spiro atoms. The first-order valence-electron chi connectivity index (χ1n) is 6.27. The first kappa shape index (κ1) is 14.7. The normalized spacial score (nSPS) is 13.2. The van der Waals surface area contributed by atoms with Crippen LogP contribution in [0.4, 0.5) is 0 Å². The summed E-state index contributed by atoms with van der Waals surface area (Å²) in [5.74, 6) is -0.339. The summed E-state index contributed by atoms with van der Waals surface area (Å²) >= 11 is 0. The molecule has 1 aromatic rings. The summed E-state index contributed by atoms with van der Waals surface area (Å²) in [4.78, 5) is 11.3. The summed E-state index contributed by atoms with van der Waals surface area (Å²) in [6, 6.07) is 6.29. The van der Waals surface area contributed by atoms with Gasteiger partial charge in [-0.3, -0.25) is 4.79 Å². The average molecular weight is 249 g/mol. The molecular weight excluding hydrogens is 226 g/mol. The number of nitrogens with one attached hydrogen (secondary N) is 1. The van der Waals surface area contributed by atoms with Crippen molar-refractivity contribution in [2.24, 2.45) is 0 Å². The fraction of sp³-hybridized carbons (Fsp3) is 0.533. The summed E-state index contributed by atoms with van der Waals surface area (Å²) in [6.45, 7) is 10.5. The maximum absolute atomic E-state index is 11.3. The van der Waals surface area contributed by atoms with Gasteiger partial charge in [-0.15, -0.1) is 0 Å². The first-order chi connectivity index (χ1) is 8.21. The van der Waals surface area contributed by atoms with Crippen molar-refractivity contribution in [2.45, 2.75) is 52.7 Å². The Morgan fingerprint density at radius 2 is 2.00 bits per heavy atom. The highest BCUT2D eigenvalue weighted by molar-refractivity contribution is 5.79. The lowest BCUT2D eigenvalue weighted by Gasteiger charge is -2.20. The van der Waals surface area contributed by atoms with Crippen molar-refractivity contribution >= 4 is 5.91 Å². The van der Waals surface area contributed by atoms with Gasteiger partial charge >= 0.3 is 0 Å². The first-order valence-corrected chi connectivity index (χ1v) is 6.27. The minimum Gasteiger partial charge on any atom is -0.384 e. The van der Waals surface area contributed by atoms with Crippen LogP contribution in [-0.4, -0.2) is 17.1 Å². The molecule has 1 rings (SSSR count). The average Bonchev–Trinajstić information content (AvgIpc) is 2.25. The van der Waals surface area contributed by atoms with Crippen LogP contribution in [0.5, 0.6) is 0 Å². The van der Waals surface area contributed by atoms with E-state index in [0.29, 0.717) is 6.54 Å². The Bertz CT molecular complexity index is 431. The maximum Gasteiger partial charge on any atom is 0.248 e. The maximum atomic E-state index is 11.3. The number of aliphatic hydroxyl groups excluding tert-OH is 1. The second-order valence-corrected chi connectivity index (χ2v) is 5.79. The molecule has 0 bridgehead atoms. The third-order valence-corrected chi connectivity index (χ3v) is 3.04. The SMILES string of the molecule is Cc1cc(C(C)(C)C)ccc1CNC(=O)C(C)O. The Morgan fingerprint density at radius 3 is 2.44 bits per heavy atom. The summed E-state index contributed by atoms with van der Waals surface area (Å²) in [6.07, 6.45) is -0.959. The predicted octanol–water partition coefficient (Wildman–Crippen LogP) is 2.29. The standard InChI is InChI=1S/C15H23NO2/c1-10-8-13(15(3,4)5)7-6-12(10)9-16-14(18)11(2)17/h6-8,11,17H,9H2,1-5H3,(H,16,18). The van der Waals surface area contributed by atoms with Crippen molar-refractivity contribution in [2.75, 3.05) is 0 Å². The van der Waals surface area contributed by atoms with Crippen molar-refractivity contribution in [3.8, 4) is 0 Å². The molecule has 3 nitrogen and oxygen atoms in total. The minimum atomic E-state index is -0.959. The number of benzene rings is 1. The molecule has 0 fully saturated rings. The molecule has 1 aromatic carbocycles. The number of carbonyl (C=O) groups is 1. The second kappa shape index (κ2) is 5.53. The van der Waals surface area contributed by atoms with E-state index in [4.69, 9.17) is 5.11 Å². The molecule has 0 saturated heterocycles. The number of hydrogen-bond acceptors (Lipinski definition) is 2. The number of carbonyl (C=O) groups excluding carboxylic acids is 1. The molecule has 2 N–H and O–H groups in total. The Morgan fingerprint density at radius 1 is 1.39 bits per heavy atom. The molecule has 18 heavy (non-hydrogen) atoms. The van der Waals surface area contributed by atoms with Gasteiger partial charge in [0.2, 0.25) is 5.91 Å². The lowest BCUT2D eigenvalue weighted by molar-refractivity contribution is -0.128. The number of hydrogen-bond donors (Lipinski definition) is 2. The summed E-state index contributed by atoms with van der Waals surface area (Å²) < 4.78 is 0. The third-order valence-electron chi connectivity index (χ3n) is 3.04. The van der Waals surface area contributed by atoms with E-state index in [-0.39, 0.29) is 11.3 Å². The molecular formula is C15H23NO2. The van der Waals surface area contributed by atoms with Gasteiger partial charge in [0.25, 0.3) is 0 Å². The highest BCUT2D eigenvalue weighted by Crippen LogP contribution is 2.24. The zero-order valence-corrected chi connectivity index (χ0v) is 11.9. The van der Waals surface area contributed by atoms with E-state index in [2.05, 4.69) is 38.2 Å². The summed E-state index contributed by atoms with van der Waals surface area (Å²) in [7, 11) is 0. The van der Waals surface area contributed by atoms with Crippen molar-refractivity contribution in [1.82, 2.24) is 5.32 Å². The zero-order chi connectivity index (χ0) is 13.9. The van der Waals surface area contributed by atoms with E-state index in [1.54, 1.807) is 0 Å². The van der Waals surface area contributed by atoms with E-state index in [0.717, 1.165) is 11.1 Å². The van der Waals surface area contributed by atoms with Crippen LogP contribution in [-0.2, 0) is 16.8 Å². The Balaban J connectivity index is 2.78. The minimum absolute atomic E-state index is 0.131. The van der Waals surface area contributed by atoms with Crippen molar-refractivity contribution in [3.05, 3.63) is 34.9 Å². The molecule has 0 saturated carbocycles. The van der Waals surface area contributed by atoms with E-state index in [1.807, 2.05) is 13.0 Å². The largest absolute Gasteiger partial charge is 0.384 e. The van der Waals surface area contributed by atoms with Gasteiger partial charge in [-0.05, 0) is 36.0 Å². The number of aliphatic hydroxyl groups is 1. The Labute approximate surface area is 109 Å². The number of aryl methyl sites for hydroxylation is 1. The van der Waals surface area contributed by atoms with Crippen LogP contribution in [0, 0.1) is 6.92 Å². The molecule has 0 aliphatic rings. The highest BCUT2D eigenvalue weighted by Gasteiger charge is 2.15. The predicted molar refractivity (Wildman–Crippen MR) is 73.4 cm³/mol. The molecule has 0 aliphatic heterocycles.